The number of hydrogen-bond donors (Lipinski definition) is 1. The lowest BCUT2D eigenvalue weighted by molar-refractivity contribution is 0.142. The van der Waals surface area contributed by atoms with Gasteiger partial charge >= 0.3 is 0 Å². The van der Waals surface area contributed by atoms with Crippen LogP contribution in [0, 0.1) is 0 Å². The van der Waals surface area contributed by atoms with Gasteiger partial charge in [0.1, 0.15) is 0 Å². The lowest BCUT2D eigenvalue weighted by Gasteiger charge is -2.23. The molecule has 0 spiro atoms. The highest BCUT2D eigenvalue weighted by molar-refractivity contribution is 6.35. The third-order valence-electron chi connectivity index (χ3n) is 3.12. The molecule has 1 aromatic carbocycles. The molecule has 0 heterocycles. The number of hydrogen-bond acceptors (Lipinski definition) is 2. The molecule has 0 radical (unpaired) electrons. The normalized spacial score (nSPS) is 12.9. The summed E-state index contributed by atoms with van der Waals surface area (Å²) in [4.78, 5) is 2.38. The molecule has 0 saturated heterocycles. The highest BCUT2D eigenvalue weighted by Gasteiger charge is 2.13. The zero-order valence-electron chi connectivity index (χ0n) is 11.7. The molecule has 2 nitrogen and oxygen atoms in total. The first-order chi connectivity index (χ1) is 9.08. The van der Waals surface area contributed by atoms with E-state index in [1.54, 1.807) is 18.2 Å². The Morgan fingerprint density at radius 1 is 1.11 bits per heavy atom. The molecule has 0 aliphatic rings. The van der Waals surface area contributed by atoms with Crippen molar-refractivity contribution in [3.05, 3.63) is 33.8 Å². The maximum Gasteiger partial charge on any atom is 0.0816 e. The molecule has 0 aliphatic carbocycles. The number of aliphatic hydroxyl groups is 1. The van der Waals surface area contributed by atoms with Gasteiger partial charge in [0.05, 0.1) is 6.10 Å². The first-order valence-electron chi connectivity index (χ1n) is 6.93. The fourth-order valence-electron chi connectivity index (χ4n) is 2.20. The number of benzene rings is 1. The molecule has 4 heteroatoms. The van der Waals surface area contributed by atoms with Gasteiger partial charge in [0.15, 0.2) is 0 Å². The Labute approximate surface area is 126 Å². The zero-order chi connectivity index (χ0) is 14.3. The van der Waals surface area contributed by atoms with Crippen molar-refractivity contribution in [1.82, 2.24) is 4.90 Å². The summed E-state index contributed by atoms with van der Waals surface area (Å²) in [7, 11) is 0. The van der Waals surface area contributed by atoms with Gasteiger partial charge < -0.3 is 10.0 Å². The van der Waals surface area contributed by atoms with E-state index in [0.717, 1.165) is 38.0 Å². The van der Waals surface area contributed by atoms with Crippen LogP contribution >= 0.6 is 23.2 Å². The van der Waals surface area contributed by atoms with Crippen molar-refractivity contribution in [2.45, 2.75) is 39.2 Å². The number of aliphatic hydroxyl groups excluding tert-OH is 1. The largest absolute Gasteiger partial charge is 0.388 e. The summed E-state index contributed by atoms with van der Waals surface area (Å²) in [5, 5.41) is 11.4. The quantitative estimate of drug-likeness (QED) is 0.762. The average Bonchev–Trinajstić information content (AvgIpc) is 2.36. The molecule has 1 N–H and O–H groups in total. The predicted molar refractivity (Wildman–Crippen MR) is 83.1 cm³/mol. The van der Waals surface area contributed by atoms with Crippen LogP contribution in [0.4, 0.5) is 0 Å². The summed E-state index contributed by atoms with van der Waals surface area (Å²) in [6.45, 7) is 7.40. The Morgan fingerprint density at radius 2 is 1.74 bits per heavy atom. The van der Waals surface area contributed by atoms with E-state index in [-0.39, 0.29) is 0 Å². The van der Waals surface area contributed by atoms with E-state index in [1.807, 2.05) is 0 Å². The lowest BCUT2D eigenvalue weighted by Crippen LogP contribution is -2.27. The van der Waals surface area contributed by atoms with Crippen molar-refractivity contribution >= 4 is 23.2 Å². The van der Waals surface area contributed by atoms with Crippen LogP contribution in [0.5, 0.6) is 0 Å². The standard InChI is InChI=1S/C15H23Cl2NO/c1-3-8-18(9-4-2)10-7-15(19)13-6-5-12(16)11-14(13)17/h5-6,11,15,19H,3-4,7-10H2,1-2H3. The predicted octanol–water partition coefficient (Wildman–Crippen LogP) is 4.54. The summed E-state index contributed by atoms with van der Waals surface area (Å²) in [5.74, 6) is 0. The van der Waals surface area contributed by atoms with E-state index in [4.69, 9.17) is 23.2 Å². The van der Waals surface area contributed by atoms with Gasteiger partial charge in [-0.2, -0.15) is 0 Å². The summed E-state index contributed by atoms with van der Waals surface area (Å²) in [5.41, 5.74) is 0.763. The van der Waals surface area contributed by atoms with Gasteiger partial charge in [0.2, 0.25) is 0 Å². The van der Waals surface area contributed by atoms with Crippen LogP contribution in [0.1, 0.15) is 44.8 Å². The van der Waals surface area contributed by atoms with Crippen LogP contribution in [0.2, 0.25) is 10.0 Å². The molecule has 0 bridgehead atoms. The molecule has 0 amide bonds. The Morgan fingerprint density at radius 3 is 2.26 bits per heavy atom. The maximum atomic E-state index is 10.2. The van der Waals surface area contributed by atoms with Gasteiger partial charge in [-0.05, 0) is 50.0 Å². The van der Waals surface area contributed by atoms with Gasteiger partial charge in [0, 0.05) is 16.6 Å². The second kappa shape index (κ2) is 8.80. The Bertz CT molecular complexity index is 378. The Hall–Kier alpha value is -0.280. The molecule has 108 valence electrons. The van der Waals surface area contributed by atoms with E-state index in [9.17, 15) is 5.11 Å². The molecule has 1 unspecified atom stereocenters. The van der Waals surface area contributed by atoms with Gasteiger partial charge in [-0.3, -0.25) is 0 Å². The Balaban J connectivity index is 2.55. The van der Waals surface area contributed by atoms with Gasteiger partial charge in [-0.25, -0.2) is 0 Å². The summed E-state index contributed by atoms with van der Waals surface area (Å²) < 4.78 is 0. The molecular weight excluding hydrogens is 281 g/mol. The van der Waals surface area contributed by atoms with Crippen molar-refractivity contribution in [2.24, 2.45) is 0 Å². The van der Waals surface area contributed by atoms with Crippen molar-refractivity contribution in [1.29, 1.82) is 0 Å². The smallest absolute Gasteiger partial charge is 0.0816 e. The van der Waals surface area contributed by atoms with Crippen LogP contribution < -0.4 is 0 Å². The van der Waals surface area contributed by atoms with Gasteiger partial charge in [0.25, 0.3) is 0 Å². The summed E-state index contributed by atoms with van der Waals surface area (Å²) in [6, 6.07) is 5.25. The molecule has 1 rings (SSSR count). The fraction of sp³-hybridized carbons (Fsp3) is 0.600. The van der Waals surface area contributed by atoms with E-state index in [2.05, 4.69) is 18.7 Å². The minimum absolute atomic E-state index is 0.527. The van der Waals surface area contributed by atoms with Crippen molar-refractivity contribution in [3.63, 3.8) is 0 Å². The van der Waals surface area contributed by atoms with E-state index in [0.29, 0.717) is 16.5 Å². The van der Waals surface area contributed by atoms with Crippen molar-refractivity contribution in [3.8, 4) is 0 Å². The molecule has 19 heavy (non-hydrogen) atoms. The molecule has 0 aliphatic heterocycles. The SMILES string of the molecule is CCCN(CCC)CCC(O)c1ccc(Cl)cc1Cl. The second-order valence-electron chi connectivity index (χ2n) is 4.81. The molecule has 1 atom stereocenters. The first kappa shape index (κ1) is 16.8. The number of rotatable bonds is 8. The highest BCUT2D eigenvalue weighted by atomic mass is 35.5. The summed E-state index contributed by atoms with van der Waals surface area (Å²) in [6.07, 6.45) is 2.44. The topological polar surface area (TPSA) is 23.5 Å². The third-order valence-corrected chi connectivity index (χ3v) is 3.68. The van der Waals surface area contributed by atoms with Crippen molar-refractivity contribution < 1.29 is 5.11 Å². The molecule has 0 aromatic heterocycles. The highest BCUT2D eigenvalue weighted by Crippen LogP contribution is 2.28. The molecule has 0 fully saturated rings. The Kier molecular flexibility index (Phi) is 7.77. The van der Waals surface area contributed by atoms with Crippen LogP contribution in [0.25, 0.3) is 0 Å². The van der Waals surface area contributed by atoms with E-state index < -0.39 is 6.10 Å². The van der Waals surface area contributed by atoms with E-state index in [1.165, 1.54) is 0 Å². The van der Waals surface area contributed by atoms with Crippen LogP contribution in [-0.4, -0.2) is 29.6 Å². The average molecular weight is 304 g/mol. The zero-order valence-corrected chi connectivity index (χ0v) is 13.2. The fourth-order valence-corrected chi connectivity index (χ4v) is 2.73. The molecule has 1 aromatic rings. The third kappa shape index (κ3) is 5.70. The van der Waals surface area contributed by atoms with Crippen LogP contribution in [0.3, 0.4) is 0 Å². The molecular formula is C15H23Cl2NO. The van der Waals surface area contributed by atoms with Crippen LogP contribution in [0.15, 0.2) is 18.2 Å². The summed E-state index contributed by atoms with van der Waals surface area (Å²) >= 11 is 12.0. The maximum absolute atomic E-state index is 10.2. The van der Waals surface area contributed by atoms with E-state index >= 15 is 0 Å². The minimum atomic E-state index is -0.527. The van der Waals surface area contributed by atoms with Gasteiger partial charge in [-0.15, -0.1) is 0 Å². The lowest BCUT2D eigenvalue weighted by atomic mass is 10.1. The molecule has 0 saturated carbocycles. The first-order valence-corrected chi connectivity index (χ1v) is 7.69. The van der Waals surface area contributed by atoms with Crippen LogP contribution in [-0.2, 0) is 0 Å². The number of halogens is 2. The second-order valence-corrected chi connectivity index (χ2v) is 5.66. The monoisotopic (exact) mass is 303 g/mol. The minimum Gasteiger partial charge on any atom is -0.388 e. The van der Waals surface area contributed by atoms with Crippen molar-refractivity contribution in [2.75, 3.05) is 19.6 Å². The number of nitrogens with zero attached hydrogens (tertiary/aromatic N) is 1. The van der Waals surface area contributed by atoms with Gasteiger partial charge in [-0.1, -0.05) is 43.1 Å².